The van der Waals surface area contributed by atoms with Crippen molar-refractivity contribution in [3.05, 3.63) is 53.9 Å². The monoisotopic (exact) mass is 361 g/mol. The summed E-state index contributed by atoms with van der Waals surface area (Å²) in [6.07, 6.45) is 6.57. The van der Waals surface area contributed by atoms with Crippen LogP contribution in [0.25, 0.3) is 6.08 Å². The SMILES string of the molecule is Cn1cc(/C=C/C(=O)c2ccc(S(=O)(=O)N3CCOCC3)cc2)cn1. The molecule has 1 aromatic carbocycles. The van der Waals surface area contributed by atoms with Gasteiger partial charge in [-0.05, 0) is 36.4 Å². The van der Waals surface area contributed by atoms with E-state index in [1.807, 2.05) is 0 Å². The Morgan fingerprint density at radius 3 is 2.48 bits per heavy atom. The number of ether oxygens (including phenoxy) is 1. The Bertz CT molecular complexity index is 879. The van der Waals surface area contributed by atoms with Crippen molar-refractivity contribution in [2.45, 2.75) is 4.90 Å². The molecule has 25 heavy (non-hydrogen) atoms. The van der Waals surface area contributed by atoms with Crippen LogP contribution < -0.4 is 0 Å². The molecule has 1 fully saturated rings. The number of hydrogen-bond acceptors (Lipinski definition) is 5. The quantitative estimate of drug-likeness (QED) is 0.593. The van der Waals surface area contributed by atoms with E-state index in [4.69, 9.17) is 4.74 Å². The molecule has 0 bridgehead atoms. The number of carbonyl (C=O) groups is 1. The van der Waals surface area contributed by atoms with Crippen LogP contribution in [0.15, 0.2) is 47.6 Å². The van der Waals surface area contributed by atoms with Crippen LogP contribution in [0.3, 0.4) is 0 Å². The van der Waals surface area contributed by atoms with Crippen molar-refractivity contribution in [3.8, 4) is 0 Å². The summed E-state index contributed by atoms with van der Waals surface area (Å²) < 4.78 is 33.3. The lowest BCUT2D eigenvalue weighted by Crippen LogP contribution is -2.40. The van der Waals surface area contributed by atoms with E-state index in [0.29, 0.717) is 31.9 Å². The fraction of sp³-hybridized carbons (Fsp3) is 0.294. The van der Waals surface area contributed by atoms with Gasteiger partial charge in [-0.2, -0.15) is 9.40 Å². The molecule has 2 aromatic rings. The normalized spacial score (nSPS) is 16.4. The lowest BCUT2D eigenvalue weighted by molar-refractivity contribution is 0.0730. The molecule has 3 rings (SSSR count). The molecule has 0 saturated carbocycles. The van der Waals surface area contributed by atoms with Crippen LogP contribution >= 0.6 is 0 Å². The Labute approximate surface area is 146 Å². The van der Waals surface area contributed by atoms with Gasteiger partial charge in [0.1, 0.15) is 0 Å². The smallest absolute Gasteiger partial charge is 0.243 e. The van der Waals surface area contributed by atoms with Crippen molar-refractivity contribution in [2.75, 3.05) is 26.3 Å². The number of rotatable bonds is 5. The third-order valence-electron chi connectivity index (χ3n) is 3.90. The number of allylic oxidation sites excluding steroid dienone is 1. The Balaban J connectivity index is 1.73. The van der Waals surface area contributed by atoms with E-state index >= 15 is 0 Å². The second-order valence-electron chi connectivity index (χ2n) is 5.69. The first-order chi connectivity index (χ1) is 12.0. The van der Waals surface area contributed by atoms with Gasteiger partial charge < -0.3 is 4.74 Å². The number of aromatic nitrogens is 2. The average molecular weight is 361 g/mol. The van der Waals surface area contributed by atoms with Crippen LogP contribution in [0.1, 0.15) is 15.9 Å². The van der Waals surface area contributed by atoms with Crippen LogP contribution in [0.2, 0.25) is 0 Å². The Kier molecular flexibility index (Phi) is 5.12. The third-order valence-corrected chi connectivity index (χ3v) is 5.81. The van der Waals surface area contributed by atoms with Gasteiger partial charge in [0.25, 0.3) is 0 Å². The highest BCUT2D eigenvalue weighted by Gasteiger charge is 2.26. The number of nitrogens with zero attached hydrogens (tertiary/aromatic N) is 3. The zero-order valence-electron chi connectivity index (χ0n) is 13.8. The van der Waals surface area contributed by atoms with Gasteiger partial charge in [-0.25, -0.2) is 8.42 Å². The van der Waals surface area contributed by atoms with Gasteiger partial charge in [0.15, 0.2) is 5.78 Å². The molecule has 0 unspecified atom stereocenters. The predicted octanol–water partition coefficient (Wildman–Crippen LogP) is 1.34. The average Bonchev–Trinajstić information content (AvgIpc) is 3.06. The van der Waals surface area contributed by atoms with E-state index in [-0.39, 0.29) is 10.7 Å². The first-order valence-corrected chi connectivity index (χ1v) is 9.30. The lowest BCUT2D eigenvalue weighted by Gasteiger charge is -2.26. The molecule has 0 spiro atoms. The zero-order chi connectivity index (χ0) is 17.9. The topological polar surface area (TPSA) is 81.5 Å². The number of sulfonamides is 1. The minimum absolute atomic E-state index is 0.183. The van der Waals surface area contributed by atoms with Gasteiger partial charge in [0.2, 0.25) is 10.0 Å². The first kappa shape index (κ1) is 17.5. The van der Waals surface area contributed by atoms with Crippen LogP contribution in [0.4, 0.5) is 0 Å². The molecular formula is C17H19N3O4S. The first-order valence-electron chi connectivity index (χ1n) is 7.86. The minimum atomic E-state index is -3.54. The molecule has 1 aliphatic heterocycles. The van der Waals surface area contributed by atoms with Crippen molar-refractivity contribution < 1.29 is 17.9 Å². The maximum atomic E-state index is 12.5. The number of benzene rings is 1. The molecule has 0 N–H and O–H groups in total. The molecule has 0 aliphatic carbocycles. The molecular weight excluding hydrogens is 342 g/mol. The molecule has 0 radical (unpaired) electrons. The summed E-state index contributed by atoms with van der Waals surface area (Å²) in [4.78, 5) is 12.4. The largest absolute Gasteiger partial charge is 0.379 e. The molecule has 1 saturated heterocycles. The molecule has 0 amide bonds. The van der Waals surface area contributed by atoms with Crippen LogP contribution in [0, 0.1) is 0 Å². The predicted molar refractivity (Wildman–Crippen MR) is 92.6 cm³/mol. The highest BCUT2D eigenvalue weighted by Crippen LogP contribution is 2.18. The molecule has 0 atom stereocenters. The van der Waals surface area contributed by atoms with E-state index in [2.05, 4.69) is 5.10 Å². The molecule has 1 aliphatic rings. The van der Waals surface area contributed by atoms with E-state index in [1.165, 1.54) is 34.6 Å². The van der Waals surface area contributed by atoms with Gasteiger partial charge >= 0.3 is 0 Å². The highest BCUT2D eigenvalue weighted by atomic mass is 32.2. The summed E-state index contributed by atoms with van der Waals surface area (Å²) in [6.45, 7) is 1.48. The summed E-state index contributed by atoms with van der Waals surface area (Å²) in [6, 6.07) is 6.00. The van der Waals surface area contributed by atoms with Crippen LogP contribution in [-0.4, -0.2) is 54.6 Å². The minimum Gasteiger partial charge on any atom is -0.379 e. The highest BCUT2D eigenvalue weighted by molar-refractivity contribution is 7.89. The summed E-state index contributed by atoms with van der Waals surface area (Å²) in [5, 5.41) is 4.02. The van der Waals surface area contributed by atoms with Crippen molar-refractivity contribution >= 4 is 21.9 Å². The fourth-order valence-electron chi connectivity index (χ4n) is 2.52. The van der Waals surface area contributed by atoms with Crippen LogP contribution in [0.5, 0.6) is 0 Å². The number of hydrogen-bond donors (Lipinski definition) is 0. The Morgan fingerprint density at radius 1 is 1.20 bits per heavy atom. The Hall–Kier alpha value is -2.29. The van der Waals surface area contributed by atoms with Gasteiger partial charge in [-0.1, -0.05) is 0 Å². The molecule has 132 valence electrons. The summed E-state index contributed by atoms with van der Waals surface area (Å²) in [5.74, 6) is -0.195. The zero-order valence-corrected chi connectivity index (χ0v) is 14.6. The molecule has 1 aromatic heterocycles. The van der Waals surface area contributed by atoms with Gasteiger partial charge in [-0.3, -0.25) is 9.48 Å². The number of aryl methyl sites for hydroxylation is 1. The van der Waals surface area contributed by atoms with E-state index in [9.17, 15) is 13.2 Å². The standard InChI is InChI=1S/C17H19N3O4S/c1-19-13-14(12-18-19)2-7-17(21)15-3-5-16(6-4-15)25(22,23)20-8-10-24-11-9-20/h2-7,12-13H,8-11H2,1H3/b7-2+. The number of morpholine rings is 1. The summed E-state index contributed by atoms with van der Waals surface area (Å²) in [5.41, 5.74) is 1.25. The Morgan fingerprint density at radius 2 is 1.88 bits per heavy atom. The third kappa shape index (κ3) is 4.04. The fourth-order valence-corrected chi connectivity index (χ4v) is 3.93. The molecule has 8 heteroatoms. The maximum absolute atomic E-state index is 12.5. The van der Waals surface area contributed by atoms with E-state index < -0.39 is 10.0 Å². The van der Waals surface area contributed by atoms with Gasteiger partial charge in [-0.15, -0.1) is 0 Å². The van der Waals surface area contributed by atoms with Gasteiger partial charge in [0, 0.05) is 37.5 Å². The van der Waals surface area contributed by atoms with E-state index in [1.54, 1.807) is 30.2 Å². The second-order valence-corrected chi connectivity index (χ2v) is 7.62. The molecule has 2 heterocycles. The van der Waals surface area contributed by atoms with Crippen molar-refractivity contribution in [1.29, 1.82) is 0 Å². The number of ketones is 1. The number of carbonyl (C=O) groups excluding carboxylic acids is 1. The maximum Gasteiger partial charge on any atom is 0.243 e. The van der Waals surface area contributed by atoms with Crippen molar-refractivity contribution in [1.82, 2.24) is 14.1 Å². The van der Waals surface area contributed by atoms with Gasteiger partial charge in [0.05, 0.1) is 24.3 Å². The molecule has 7 nitrogen and oxygen atoms in total. The summed E-state index contributed by atoms with van der Waals surface area (Å²) >= 11 is 0. The summed E-state index contributed by atoms with van der Waals surface area (Å²) in [7, 11) is -1.75. The van der Waals surface area contributed by atoms with E-state index in [0.717, 1.165) is 5.56 Å². The van der Waals surface area contributed by atoms with Crippen LogP contribution in [-0.2, 0) is 21.8 Å². The lowest BCUT2D eigenvalue weighted by atomic mass is 10.1. The van der Waals surface area contributed by atoms with Crippen molar-refractivity contribution in [3.63, 3.8) is 0 Å². The van der Waals surface area contributed by atoms with Crippen molar-refractivity contribution in [2.24, 2.45) is 7.05 Å². The second kappa shape index (κ2) is 7.30.